The normalized spacial score (nSPS) is 17.8. The van der Waals surface area contributed by atoms with Gasteiger partial charge in [0.1, 0.15) is 5.60 Å². The number of hydrogen-bond acceptors (Lipinski definition) is 4. The van der Waals surface area contributed by atoms with Gasteiger partial charge in [-0.15, -0.1) is 0 Å². The Morgan fingerprint density at radius 1 is 1.55 bits per heavy atom. The molecule has 2 rings (SSSR count). The highest BCUT2D eigenvalue weighted by atomic mass is 79.9. The van der Waals surface area contributed by atoms with E-state index in [1.165, 1.54) is 0 Å². The number of rotatable bonds is 2. The van der Waals surface area contributed by atoms with Crippen molar-refractivity contribution in [3.05, 3.63) is 16.4 Å². The molecule has 1 fully saturated rings. The summed E-state index contributed by atoms with van der Waals surface area (Å²) >= 11 is 3.37. The summed E-state index contributed by atoms with van der Waals surface area (Å²) in [5.41, 5.74) is 0.251. The van der Waals surface area contributed by atoms with Crippen LogP contribution in [0.25, 0.3) is 0 Å². The lowest BCUT2D eigenvalue weighted by Gasteiger charge is -2.40. The quantitative estimate of drug-likeness (QED) is 0.893. The first-order valence-electron chi connectivity index (χ1n) is 6.58. The van der Waals surface area contributed by atoms with Gasteiger partial charge in [0, 0.05) is 13.1 Å². The number of nitrogens with zero attached hydrogens (tertiary/aromatic N) is 3. The Balaban J connectivity index is 1.99. The standard InChI is InChI=1S/C13H20BrN3O3/c1-8(18)11-10(14)5-15-17(11)9-6-16(7-9)12(19)20-13(2,3)4/h5,8-9,18H,6-7H2,1-4H3. The van der Waals surface area contributed by atoms with E-state index < -0.39 is 11.7 Å². The van der Waals surface area contributed by atoms with Crippen LogP contribution in [0.1, 0.15) is 45.5 Å². The zero-order valence-corrected chi connectivity index (χ0v) is 13.7. The number of aliphatic hydroxyl groups is 1. The van der Waals surface area contributed by atoms with E-state index in [0.717, 1.165) is 10.2 Å². The van der Waals surface area contributed by atoms with E-state index in [0.29, 0.717) is 13.1 Å². The number of likely N-dealkylation sites (tertiary alicyclic amines) is 1. The molecule has 1 atom stereocenters. The van der Waals surface area contributed by atoms with Gasteiger partial charge in [-0.3, -0.25) is 4.68 Å². The highest BCUT2D eigenvalue weighted by molar-refractivity contribution is 9.10. The first kappa shape index (κ1) is 15.3. The molecule has 112 valence electrons. The van der Waals surface area contributed by atoms with Crippen molar-refractivity contribution in [3.8, 4) is 0 Å². The molecule has 0 saturated carbocycles. The molecule has 1 N–H and O–H groups in total. The third-order valence-corrected chi connectivity index (χ3v) is 3.65. The van der Waals surface area contributed by atoms with Crippen LogP contribution in [0.5, 0.6) is 0 Å². The maximum absolute atomic E-state index is 11.9. The molecule has 1 aliphatic rings. The zero-order chi connectivity index (χ0) is 15.1. The smallest absolute Gasteiger partial charge is 0.410 e. The summed E-state index contributed by atoms with van der Waals surface area (Å²) in [7, 11) is 0. The molecule has 1 aliphatic heterocycles. The minimum absolute atomic E-state index is 0.0819. The van der Waals surface area contributed by atoms with Crippen LogP contribution in [0.2, 0.25) is 0 Å². The number of amides is 1. The van der Waals surface area contributed by atoms with Gasteiger partial charge in [-0.05, 0) is 43.6 Å². The molecule has 1 unspecified atom stereocenters. The average Bonchev–Trinajstić information content (AvgIpc) is 2.55. The SMILES string of the molecule is CC(O)c1c(Br)cnn1C1CN(C(=O)OC(C)(C)C)C1. The first-order chi connectivity index (χ1) is 9.19. The van der Waals surface area contributed by atoms with Gasteiger partial charge in [-0.25, -0.2) is 4.79 Å². The predicted molar refractivity (Wildman–Crippen MR) is 77.4 cm³/mol. The van der Waals surface area contributed by atoms with Gasteiger partial charge in [0.2, 0.25) is 0 Å². The maximum Gasteiger partial charge on any atom is 0.410 e. The van der Waals surface area contributed by atoms with Gasteiger partial charge >= 0.3 is 6.09 Å². The molecule has 7 heteroatoms. The molecule has 0 aromatic carbocycles. The van der Waals surface area contributed by atoms with Gasteiger partial charge in [-0.2, -0.15) is 5.10 Å². The molecule has 0 bridgehead atoms. The summed E-state index contributed by atoms with van der Waals surface area (Å²) < 4.78 is 7.86. The molecular weight excluding hydrogens is 326 g/mol. The average molecular weight is 346 g/mol. The molecule has 0 spiro atoms. The Bertz CT molecular complexity index is 501. The van der Waals surface area contributed by atoms with E-state index in [2.05, 4.69) is 21.0 Å². The summed E-state index contributed by atoms with van der Waals surface area (Å²) in [5, 5.41) is 14.0. The number of aliphatic hydroxyl groups excluding tert-OH is 1. The third kappa shape index (κ3) is 3.15. The molecule has 1 amide bonds. The summed E-state index contributed by atoms with van der Waals surface area (Å²) in [4.78, 5) is 13.5. The van der Waals surface area contributed by atoms with Crippen molar-refractivity contribution in [2.45, 2.75) is 45.4 Å². The predicted octanol–water partition coefficient (Wildman–Crippen LogP) is 2.49. The van der Waals surface area contributed by atoms with Crippen molar-refractivity contribution in [2.24, 2.45) is 0 Å². The van der Waals surface area contributed by atoms with Gasteiger partial charge in [0.05, 0.1) is 28.5 Å². The lowest BCUT2D eigenvalue weighted by molar-refractivity contribution is -0.00153. The second-order valence-electron chi connectivity index (χ2n) is 6.04. The number of hydrogen-bond donors (Lipinski definition) is 1. The van der Waals surface area contributed by atoms with Crippen molar-refractivity contribution < 1.29 is 14.6 Å². The van der Waals surface area contributed by atoms with Crippen LogP contribution in [-0.2, 0) is 4.74 Å². The van der Waals surface area contributed by atoms with Crippen molar-refractivity contribution >= 4 is 22.0 Å². The Labute approximate surface area is 126 Å². The van der Waals surface area contributed by atoms with E-state index in [-0.39, 0.29) is 12.1 Å². The molecule has 2 heterocycles. The fraction of sp³-hybridized carbons (Fsp3) is 0.692. The number of aromatic nitrogens is 2. The monoisotopic (exact) mass is 345 g/mol. The van der Waals surface area contributed by atoms with Gasteiger partial charge in [-0.1, -0.05) is 0 Å². The van der Waals surface area contributed by atoms with E-state index in [4.69, 9.17) is 4.74 Å². The van der Waals surface area contributed by atoms with Crippen molar-refractivity contribution in [1.82, 2.24) is 14.7 Å². The van der Waals surface area contributed by atoms with Crippen molar-refractivity contribution in [2.75, 3.05) is 13.1 Å². The van der Waals surface area contributed by atoms with Gasteiger partial charge in [0.15, 0.2) is 0 Å². The first-order valence-corrected chi connectivity index (χ1v) is 7.37. The maximum atomic E-state index is 11.9. The number of carbonyl (C=O) groups is 1. The van der Waals surface area contributed by atoms with Gasteiger partial charge in [0.25, 0.3) is 0 Å². The third-order valence-electron chi connectivity index (χ3n) is 3.04. The largest absolute Gasteiger partial charge is 0.444 e. The topological polar surface area (TPSA) is 67.6 Å². The summed E-state index contributed by atoms with van der Waals surface area (Å²) in [6.07, 6.45) is 0.749. The minimum atomic E-state index is -0.609. The van der Waals surface area contributed by atoms with Crippen molar-refractivity contribution in [1.29, 1.82) is 0 Å². The lowest BCUT2D eigenvalue weighted by atomic mass is 10.1. The van der Waals surface area contributed by atoms with Crippen LogP contribution in [0.3, 0.4) is 0 Å². The summed E-state index contributed by atoms with van der Waals surface area (Å²) in [6.45, 7) is 8.32. The van der Waals surface area contributed by atoms with E-state index >= 15 is 0 Å². The van der Waals surface area contributed by atoms with Crippen LogP contribution >= 0.6 is 15.9 Å². The van der Waals surface area contributed by atoms with E-state index in [1.54, 1.807) is 22.7 Å². The fourth-order valence-electron chi connectivity index (χ4n) is 2.12. The van der Waals surface area contributed by atoms with E-state index in [9.17, 15) is 9.90 Å². The minimum Gasteiger partial charge on any atom is -0.444 e. The Kier molecular flexibility index (Phi) is 4.11. The number of halogens is 1. The molecule has 20 heavy (non-hydrogen) atoms. The molecule has 1 saturated heterocycles. The van der Waals surface area contributed by atoms with Crippen molar-refractivity contribution in [3.63, 3.8) is 0 Å². The van der Waals surface area contributed by atoms with Gasteiger partial charge < -0.3 is 14.7 Å². The van der Waals surface area contributed by atoms with Crippen LogP contribution in [0, 0.1) is 0 Å². The molecule has 1 aromatic rings. The highest BCUT2D eigenvalue weighted by Crippen LogP contribution is 2.30. The Morgan fingerprint density at radius 2 is 2.15 bits per heavy atom. The van der Waals surface area contributed by atoms with E-state index in [1.807, 2.05) is 20.8 Å². The molecule has 0 aliphatic carbocycles. The zero-order valence-electron chi connectivity index (χ0n) is 12.1. The van der Waals surface area contributed by atoms with Crippen LogP contribution in [0.4, 0.5) is 4.79 Å². The number of carbonyl (C=O) groups excluding carboxylic acids is 1. The molecule has 1 aromatic heterocycles. The molecule has 0 radical (unpaired) electrons. The van der Waals surface area contributed by atoms with Crippen LogP contribution in [-0.4, -0.2) is 44.6 Å². The summed E-state index contributed by atoms with van der Waals surface area (Å²) in [6, 6.07) is 0.0819. The second-order valence-corrected chi connectivity index (χ2v) is 6.89. The number of ether oxygens (including phenoxy) is 1. The Hall–Kier alpha value is -1.08. The fourth-order valence-corrected chi connectivity index (χ4v) is 2.72. The lowest BCUT2D eigenvalue weighted by Crippen LogP contribution is -2.52. The Morgan fingerprint density at radius 3 is 2.65 bits per heavy atom. The second kappa shape index (κ2) is 5.37. The van der Waals surface area contributed by atoms with Crippen LogP contribution in [0.15, 0.2) is 10.7 Å². The summed E-state index contributed by atoms with van der Waals surface area (Å²) in [5.74, 6) is 0. The molecule has 6 nitrogen and oxygen atoms in total. The molecular formula is C13H20BrN3O3. The highest BCUT2D eigenvalue weighted by Gasteiger charge is 2.36. The van der Waals surface area contributed by atoms with Crippen LogP contribution < -0.4 is 0 Å².